The van der Waals surface area contributed by atoms with Gasteiger partial charge in [-0.15, -0.1) is 0 Å². The SMILES string of the molecule is Cc1ccc(NC(=O)c2nc(C(=O)NC(C)(C)C)n3c2CCCC3)cc1Cl. The Labute approximate surface area is 164 Å². The summed E-state index contributed by atoms with van der Waals surface area (Å²) in [6, 6.07) is 5.36. The third kappa shape index (κ3) is 4.33. The van der Waals surface area contributed by atoms with Crippen molar-refractivity contribution >= 4 is 29.1 Å². The van der Waals surface area contributed by atoms with Crippen molar-refractivity contribution in [1.82, 2.24) is 14.9 Å². The number of carbonyl (C=O) groups is 2. The van der Waals surface area contributed by atoms with E-state index < -0.39 is 0 Å². The first kappa shape index (κ1) is 19.4. The number of aromatic nitrogens is 2. The van der Waals surface area contributed by atoms with E-state index in [0.29, 0.717) is 28.8 Å². The van der Waals surface area contributed by atoms with Gasteiger partial charge in [-0.05, 0) is 64.7 Å². The van der Waals surface area contributed by atoms with Gasteiger partial charge in [-0.1, -0.05) is 17.7 Å². The number of halogens is 1. The molecule has 1 aliphatic rings. The minimum absolute atomic E-state index is 0.261. The van der Waals surface area contributed by atoms with Crippen molar-refractivity contribution in [3.8, 4) is 0 Å². The molecule has 3 rings (SSSR count). The summed E-state index contributed by atoms with van der Waals surface area (Å²) in [6.45, 7) is 8.35. The fourth-order valence-corrected chi connectivity index (χ4v) is 3.34. The summed E-state index contributed by atoms with van der Waals surface area (Å²) in [6.07, 6.45) is 2.67. The fourth-order valence-electron chi connectivity index (χ4n) is 3.16. The van der Waals surface area contributed by atoms with E-state index in [1.54, 1.807) is 12.1 Å². The maximum absolute atomic E-state index is 12.8. The molecule has 6 nitrogen and oxygen atoms in total. The zero-order valence-corrected chi connectivity index (χ0v) is 16.9. The molecule has 7 heteroatoms. The summed E-state index contributed by atoms with van der Waals surface area (Å²) in [5.74, 6) is -0.287. The zero-order chi connectivity index (χ0) is 19.8. The molecule has 0 unspecified atom stereocenters. The number of hydrogen-bond acceptors (Lipinski definition) is 3. The smallest absolute Gasteiger partial charge is 0.287 e. The number of nitrogens with one attached hydrogen (secondary N) is 2. The molecule has 144 valence electrons. The third-order valence-electron chi connectivity index (χ3n) is 4.45. The highest BCUT2D eigenvalue weighted by Gasteiger charge is 2.29. The number of fused-ring (bicyclic) bond motifs is 1. The quantitative estimate of drug-likeness (QED) is 0.835. The van der Waals surface area contributed by atoms with Crippen LogP contribution in [0.3, 0.4) is 0 Å². The van der Waals surface area contributed by atoms with Gasteiger partial charge in [-0.25, -0.2) is 4.98 Å². The van der Waals surface area contributed by atoms with Crippen molar-refractivity contribution < 1.29 is 9.59 Å². The van der Waals surface area contributed by atoms with Gasteiger partial charge in [0.2, 0.25) is 0 Å². The zero-order valence-electron chi connectivity index (χ0n) is 16.1. The van der Waals surface area contributed by atoms with E-state index in [1.807, 2.05) is 38.3 Å². The second-order valence-corrected chi connectivity index (χ2v) is 8.37. The van der Waals surface area contributed by atoms with Crippen LogP contribution in [0.25, 0.3) is 0 Å². The van der Waals surface area contributed by atoms with Gasteiger partial charge < -0.3 is 15.2 Å². The average molecular weight is 389 g/mol. The van der Waals surface area contributed by atoms with Crippen molar-refractivity contribution in [2.45, 2.75) is 59.0 Å². The molecule has 2 aromatic rings. The Hall–Kier alpha value is -2.34. The van der Waals surface area contributed by atoms with Gasteiger partial charge in [0.1, 0.15) is 0 Å². The average Bonchev–Trinajstić information content (AvgIpc) is 2.97. The second kappa shape index (κ2) is 7.35. The lowest BCUT2D eigenvalue weighted by Crippen LogP contribution is -2.42. The molecule has 0 radical (unpaired) electrons. The number of hydrogen-bond donors (Lipinski definition) is 2. The van der Waals surface area contributed by atoms with Crippen LogP contribution >= 0.6 is 11.6 Å². The number of imidazole rings is 1. The third-order valence-corrected chi connectivity index (χ3v) is 4.86. The second-order valence-electron chi connectivity index (χ2n) is 7.96. The van der Waals surface area contributed by atoms with Crippen LogP contribution in [0.2, 0.25) is 5.02 Å². The molecule has 1 aromatic heterocycles. The lowest BCUT2D eigenvalue weighted by molar-refractivity contribution is 0.0903. The van der Waals surface area contributed by atoms with Crippen LogP contribution in [0.1, 0.15) is 66.0 Å². The normalized spacial score (nSPS) is 13.8. The number of nitrogens with zero attached hydrogens (tertiary/aromatic N) is 2. The van der Waals surface area contributed by atoms with Gasteiger partial charge in [0, 0.05) is 22.8 Å². The standard InChI is InChI=1S/C20H25ClN4O2/c1-12-8-9-13(11-14(12)21)22-18(26)16-15-7-5-6-10-25(15)17(23-16)19(27)24-20(2,3)4/h8-9,11H,5-7,10H2,1-4H3,(H,22,26)(H,24,27). The molecule has 2 heterocycles. The Bertz CT molecular complexity index is 896. The maximum atomic E-state index is 12.8. The van der Waals surface area contributed by atoms with Crippen molar-refractivity contribution in [2.75, 3.05) is 5.32 Å². The fraction of sp³-hybridized carbons (Fsp3) is 0.450. The first-order valence-electron chi connectivity index (χ1n) is 9.15. The topological polar surface area (TPSA) is 76.0 Å². The van der Waals surface area contributed by atoms with Gasteiger partial charge >= 0.3 is 0 Å². The van der Waals surface area contributed by atoms with Crippen LogP contribution in [0.5, 0.6) is 0 Å². The van der Waals surface area contributed by atoms with E-state index in [4.69, 9.17) is 11.6 Å². The van der Waals surface area contributed by atoms with Crippen LogP contribution in [-0.2, 0) is 13.0 Å². The highest BCUT2D eigenvalue weighted by Crippen LogP contribution is 2.24. The number of carbonyl (C=O) groups excluding carboxylic acids is 2. The van der Waals surface area contributed by atoms with Gasteiger partial charge in [-0.3, -0.25) is 9.59 Å². The van der Waals surface area contributed by atoms with E-state index in [9.17, 15) is 9.59 Å². The van der Waals surface area contributed by atoms with Crippen LogP contribution in [0.4, 0.5) is 5.69 Å². The van der Waals surface area contributed by atoms with Crippen molar-refractivity contribution in [1.29, 1.82) is 0 Å². The number of rotatable bonds is 3. The lowest BCUT2D eigenvalue weighted by atomic mass is 10.1. The Kier molecular flexibility index (Phi) is 5.29. The number of anilines is 1. The highest BCUT2D eigenvalue weighted by atomic mass is 35.5. The molecule has 2 N–H and O–H groups in total. The molecule has 0 atom stereocenters. The number of amides is 2. The van der Waals surface area contributed by atoms with Crippen LogP contribution < -0.4 is 10.6 Å². The van der Waals surface area contributed by atoms with Crippen molar-refractivity contribution in [3.63, 3.8) is 0 Å². The molecule has 0 saturated heterocycles. The Morgan fingerprint density at radius 1 is 1.19 bits per heavy atom. The highest BCUT2D eigenvalue weighted by molar-refractivity contribution is 6.31. The molecule has 0 aliphatic carbocycles. The van der Waals surface area contributed by atoms with E-state index in [-0.39, 0.29) is 17.4 Å². The van der Waals surface area contributed by atoms with E-state index in [0.717, 1.165) is 30.5 Å². The predicted molar refractivity (Wildman–Crippen MR) is 107 cm³/mol. The monoisotopic (exact) mass is 388 g/mol. The van der Waals surface area contributed by atoms with Gasteiger partial charge in [0.15, 0.2) is 11.5 Å². The Morgan fingerprint density at radius 2 is 1.93 bits per heavy atom. The predicted octanol–water partition coefficient (Wildman–Crippen LogP) is 3.96. The Morgan fingerprint density at radius 3 is 2.59 bits per heavy atom. The minimum atomic E-state index is -0.376. The van der Waals surface area contributed by atoms with E-state index in [2.05, 4.69) is 15.6 Å². The van der Waals surface area contributed by atoms with Gasteiger partial charge in [0.25, 0.3) is 11.8 Å². The molecule has 0 fully saturated rings. The summed E-state index contributed by atoms with van der Waals surface area (Å²) in [7, 11) is 0. The summed E-state index contributed by atoms with van der Waals surface area (Å²) < 4.78 is 1.88. The molecular weight excluding hydrogens is 364 g/mol. The van der Waals surface area contributed by atoms with Gasteiger partial charge in [-0.2, -0.15) is 0 Å². The molecule has 27 heavy (non-hydrogen) atoms. The van der Waals surface area contributed by atoms with Crippen molar-refractivity contribution in [3.05, 3.63) is 46.0 Å². The van der Waals surface area contributed by atoms with Crippen LogP contribution in [0.15, 0.2) is 18.2 Å². The maximum Gasteiger partial charge on any atom is 0.287 e. The van der Waals surface area contributed by atoms with Gasteiger partial charge in [0.05, 0.1) is 5.69 Å². The largest absolute Gasteiger partial charge is 0.345 e. The van der Waals surface area contributed by atoms with E-state index >= 15 is 0 Å². The summed E-state index contributed by atoms with van der Waals surface area (Å²) >= 11 is 6.14. The van der Waals surface area contributed by atoms with E-state index in [1.165, 1.54) is 0 Å². The molecule has 1 aliphatic heterocycles. The summed E-state index contributed by atoms with van der Waals surface area (Å²) in [5.41, 5.74) is 2.30. The minimum Gasteiger partial charge on any atom is -0.345 e. The lowest BCUT2D eigenvalue weighted by Gasteiger charge is -2.22. The molecule has 0 bridgehead atoms. The van der Waals surface area contributed by atoms with Crippen LogP contribution in [0, 0.1) is 6.92 Å². The number of benzene rings is 1. The molecular formula is C20H25ClN4O2. The van der Waals surface area contributed by atoms with Crippen molar-refractivity contribution in [2.24, 2.45) is 0 Å². The summed E-state index contributed by atoms with van der Waals surface area (Å²) in [5, 5.41) is 6.36. The van der Waals surface area contributed by atoms with Crippen LogP contribution in [-0.4, -0.2) is 26.9 Å². The molecule has 0 spiro atoms. The molecule has 1 aromatic carbocycles. The first-order chi connectivity index (χ1) is 12.7. The first-order valence-corrected chi connectivity index (χ1v) is 9.53. The summed E-state index contributed by atoms with van der Waals surface area (Å²) in [4.78, 5) is 29.9. The molecule has 2 amide bonds. The Balaban J connectivity index is 1.91. The molecule has 0 saturated carbocycles. The number of aryl methyl sites for hydroxylation is 1.